The Bertz CT molecular complexity index is 644. The summed E-state index contributed by atoms with van der Waals surface area (Å²) in [6.07, 6.45) is 2.79. The van der Waals surface area contributed by atoms with Gasteiger partial charge in [0.15, 0.2) is 0 Å². The van der Waals surface area contributed by atoms with Crippen molar-refractivity contribution in [1.82, 2.24) is 5.32 Å². The molecule has 7 heteroatoms. The number of hydrogen-bond acceptors (Lipinski definition) is 3. The fourth-order valence-corrected chi connectivity index (χ4v) is 1.76. The molecule has 2 rings (SSSR count). The van der Waals surface area contributed by atoms with Gasteiger partial charge < -0.3 is 15.1 Å². The van der Waals surface area contributed by atoms with E-state index in [4.69, 9.17) is 16.0 Å². The molecule has 2 N–H and O–H groups in total. The number of halogens is 2. The molecule has 110 valence electrons. The van der Waals surface area contributed by atoms with Crippen molar-refractivity contribution in [2.45, 2.75) is 6.42 Å². The van der Waals surface area contributed by atoms with Crippen LogP contribution in [0.5, 0.6) is 0 Å². The molecule has 2 amide bonds. The lowest BCUT2D eigenvalue weighted by molar-refractivity contribution is -0.116. The minimum Gasteiger partial charge on any atom is -0.472 e. The van der Waals surface area contributed by atoms with E-state index in [1.807, 2.05) is 0 Å². The van der Waals surface area contributed by atoms with Crippen molar-refractivity contribution < 1.29 is 18.4 Å². The first-order valence-electron chi connectivity index (χ1n) is 6.11. The van der Waals surface area contributed by atoms with Gasteiger partial charge in [-0.05, 0) is 24.3 Å². The van der Waals surface area contributed by atoms with Gasteiger partial charge in [-0.1, -0.05) is 11.6 Å². The van der Waals surface area contributed by atoms with Gasteiger partial charge in [-0.2, -0.15) is 0 Å². The van der Waals surface area contributed by atoms with Gasteiger partial charge in [-0.25, -0.2) is 4.39 Å². The number of amides is 2. The maximum absolute atomic E-state index is 13.0. The maximum atomic E-state index is 13.0. The third-order valence-corrected chi connectivity index (χ3v) is 2.91. The van der Waals surface area contributed by atoms with Crippen LogP contribution in [0, 0.1) is 5.82 Å². The van der Waals surface area contributed by atoms with Crippen LogP contribution in [0.15, 0.2) is 41.2 Å². The molecule has 0 aliphatic carbocycles. The summed E-state index contributed by atoms with van der Waals surface area (Å²) >= 11 is 5.61. The van der Waals surface area contributed by atoms with Gasteiger partial charge in [-0.15, -0.1) is 0 Å². The Morgan fingerprint density at radius 3 is 2.76 bits per heavy atom. The van der Waals surface area contributed by atoms with Gasteiger partial charge in [0.1, 0.15) is 12.1 Å². The van der Waals surface area contributed by atoms with E-state index in [1.165, 1.54) is 36.8 Å². The summed E-state index contributed by atoms with van der Waals surface area (Å²) in [5, 5.41) is 5.07. The molecule has 0 bridgehead atoms. The lowest BCUT2D eigenvalue weighted by Gasteiger charge is -2.06. The molecule has 1 aromatic carbocycles. The molecule has 0 saturated heterocycles. The molecule has 21 heavy (non-hydrogen) atoms. The molecule has 0 saturated carbocycles. The Kier molecular flexibility index (Phi) is 4.94. The Hall–Kier alpha value is -2.34. The van der Waals surface area contributed by atoms with E-state index >= 15 is 0 Å². The molecule has 0 unspecified atom stereocenters. The summed E-state index contributed by atoms with van der Waals surface area (Å²) in [4.78, 5) is 23.2. The highest BCUT2D eigenvalue weighted by Crippen LogP contribution is 2.19. The van der Waals surface area contributed by atoms with Crippen molar-refractivity contribution in [1.29, 1.82) is 0 Å². The van der Waals surface area contributed by atoms with Crippen LogP contribution in [0.4, 0.5) is 10.1 Å². The molecule has 0 spiro atoms. The molecule has 0 aliphatic heterocycles. The van der Waals surface area contributed by atoms with E-state index in [9.17, 15) is 14.0 Å². The van der Waals surface area contributed by atoms with E-state index in [1.54, 1.807) is 0 Å². The summed E-state index contributed by atoms with van der Waals surface area (Å²) in [7, 11) is 0. The molecule has 1 heterocycles. The molecular formula is C14H12ClFN2O3. The van der Waals surface area contributed by atoms with Crippen LogP contribution in [-0.2, 0) is 4.79 Å². The zero-order valence-electron chi connectivity index (χ0n) is 10.9. The van der Waals surface area contributed by atoms with Crippen LogP contribution in [0.25, 0.3) is 0 Å². The molecule has 0 fully saturated rings. The largest absolute Gasteiger partial charge is 0.472 e. The Morgan fingerprint density at radius 2 is 2.10 bits per heavy atom. The van der Waals surface area contributed by atoms with Crippen LogP contribution in [0.3, 0.4) is 0 Å². The standard InChI is InChI=1S/C14H12ClFN2O3/c15-11-7-10(1-2-12(11)16)18-13(19)3-5-17-14(20)9-4-6-21-8-9/h1-2,4,6-8H,3,5H2,(H,17,20)(H,18,19). The predicted octanol–water partition coefficient (Wildman–Crippen LogP) is 2.83. The van der Waals surface area contributed by atoms with Gasteiger partial charge >= 0.3 is 0 Å². The van der Waals surface area contributed by atoms with Crippen molar-refractivity contribution >= 4 is 29.1 Å². The highest BCUT2D eigenvalue weighted by atomic mass is 35.5. The first-order chi connectivity index (χ1) is 10.1. The molecule has 2 aromatic rings. The van der Waals surface area contributed by atoms with Gasteiger partial charge in [0, 0.05) is 18.7 Å². The van der Waals surface area contributed by atoms with E-state index in [0.717, 1.165) is 0 Å². The number of anilines is 1. The van der Waals surface area contributed by atoms with E-state index in [0.29, 0.717) is 11.3 Å². The van der Waals surface area contributed by atoms with E-state index < -0.39 is 5.82 Å². The molecule has 5 nitrogen and oxygen atoms in total. The lowest BCUT2D eigenvalue weighted by atomic mass is 10.3. The van der Waals surface area contributed by atoms with E-state index in [2.05, 4.69) is 10.6 Å². The van der Waals surface area contributed by atoms with Crippen molar-refractivity contribution in [2.24, 2.45) is 0 Å². The van der Waals surface area contributed by atoms with Crippen LogP contribution in [0.2, 0.25) is 5.02 Å². The third-order valence-electron chi connectivity index (χ3n) is 2.62. The lowest BCUT2D eigenvalue weighted by Crippen LogP contribution is -2.27. The second-order valence-corrected chi connectivity index (χ2v) is 4.60. The Morgan fingerprint density at radius 1 is 1.29 bits per heavy atom. The van der Waals surface area contributed by atoms with Crippen molar-refractivity contribution in [2.75, 3.05) is 11.9 Å². The number of carbonyl (C=O) groups excluding carboxylic acids is 2. The topological polar surface area (TPSA) is 71.3 Å². The summed E-state index contributed by atoms with van der Waals surface area (Å²) in [6.45, 7) is 0.171. The normalized spacial score (nSPS) is 10.2. The van der Waals surface area contributed by atoms with E-state index in [-0.39, 0.29) is 29.8 Å². The monoisotopic (exact) mass is 310 g/mol. The highest BCUT2D eigenvalue weighted by molar-refractivity contribution is 6.31. The minimum atomic E-state index is -0.554. The first kappa shape index (κ1) is 15.1. The van der Waals surface area contributed by atoms with Crippen LogP contribution >= 0.6 is 11.6 Å². The molecule has 0 atom stereocenters. The second-order valence-electron chi connectivity index (χ2n) is 4.19. The quantitative estimate of drug-likeness (QED) is 0.892. The number of nitrogens with one attached hydrogen (secondary N) is 2. The van der Waals surface area contributed by atoms with Gasteiger partial charge in [0.05, 0.1) is 16.8 Å². The predicted molar refractivity (Wildman–Crippen MR) is 75.7 cm³/mol. The zero-order valence-corrected chi connectivity index (χ0v) is 11.6. The van der Waals surface area contributed by atoms with Crippen molar-refractivity contribution in [3.63, 3.8) is 0 Å². The fourth-order valence-electron chi connectivity index (χ4n) is 1.58. The number of hydrogen-bond donors (Lipinski definition) is 2. The van der Waals surface area contributed by atoms with Crippen molar-refractivity contribution in [3.8, 4) is 0 Å². The number of carbonyl (C=O) groups is 2. The van der Waals surface area contributed by atoms with Crippen LogP contribution in [0.1, 0.15) is 16.8 Å². The summed E-state index contributed by atoms with van der Waals surface area (Å²) < 4.78 is 17.7. The average molecular weight is 311 g/mol. The molecule has 0 aliphatic rings. The van der Waals surface area contributed by atoms with Gasteiger partial charge in [0.25, 0.3) is 5.91 Å². The zero-order chi connectivity index (χ0) is 15.2. The van der Waals surface area contributed by atoms with Gasteiger partial charge in [-0.3, -0.25) is 9.59 Å². The number of benzene rings is 1. The fraction of sp³-hybridized carbons (Fsp3) is 0.143. The second kappa shape index (κ2) is 6.90. The maximum Gasteiger partial charge on any atom is 0.254 e. The highest BCUT2D eigenvalue weighted by Gasteiger charge is 2.08. The SMILES string of the molecule is O=C(CCNC(=O)c1ccoc1)Nc1ccc(F)c(Cl)c1. The van der Waals surface area contributed by atoms with Crippen molar-refractivity contribution in [3.05, 3.63) is 53.2 Å². The molecule has 1 aromatic heterocycles. The molecular weight excluding hydrogens is 299 g/mol. The summed E-state index contributed by atoms with van der Waals surface area (Å²) in [5.41, 5.74) is 0.785. The minimum absolute atomic E-state index is 0.0685. The smallest absolute Gasteiger partial charge is 0.254 e. The average Bonchev–Trinajstić information content (AvgIpc) is 2.97. The van der Waals surface area contributed by atoms with Crippen LogP contribution < -0.4 is 10.6 Å². The molecule has 0 radical (unpaired) electrons. The number of furan rings is 1. The third kappa shape index (κ3) is 4.32. The van der Waals surface area contributed by atoms with Gasteiger partial charge in [0.2, 0.25) is 5.91 Å². The Labute approximate surface area is 125 Å². The first-order valence-corrected chi connectivity index (χ1v) is 6.49. The Balaban J connectivity index is 1.77. The summed E-state index contributed by atoms with van der Waals surface area (Å²) in [5.74, 6) is -1.19. The number of rotatable bonds is 5. The summed E-state index contributed by atoms with van der Waals surface area (Å²) in [6, 6.07) is 5.41. The van der Waals surface area contributed by atoms with Crippen LogP contribution in [-0.4, -0.2) is 18.4 Å².